The van der Waals surface area contributed by atoms with Crippen molar-refractivity contribution in [1.82, 2.24) is 15.2 Å². The van der Waals surface area contributed by atoms with Gasteiger partial charge in [0, 0.05) is 12.5 Å². The molecule has 28 heavy (non-hydrogen) atoms. The van der Waals surface area contributed by atoms with Crippen LogP contribution in [0.2, 0.25) is 0 Å². The number of nitrogens with one attached hydrogen (secondary N) is 1. The summed E-state index contributed by atoms with van der Waals surface area (Å²) in [6.07, 6.45) is 3.93. The fourth-order valence-electron chi connectivity index (χ4n) is 3.83. The summed E-state index contributed by atoms with van der Waals surface area (Å²) >= 11 is 0. The summed E-state index contributed by atoms with van der Waals surface area (Å²) in [5.74, 6) is 1.30. The van der Waals surface area contributed by atoms with Gasteiger partial charge in [0.15, 0.2) is 11.5 Å². The molecular weight excluding hydrogens is 350 g/mol. The molecule has 1 fully saturated rings. The van der Waals surface area contributed by atoms with Crippen LogP contribution < -0.4 is 5.32 Å². The lowest BCUT2D eigenvalue weighted by atomic mass is 9.97. The van der Waals surface area contributed by atoms with Crippen molar-refractivity contribution >= 4 is 17.0 Å². The first-order valence-electron chi connectivity index (χ1n) is 10.2. The van der Waals surface area contributed by atoms with E-state index in [-0.39, 0.29) is 5.91 Å². The van der Waals surface area contributed by atoms with Crippen LogP contribution in [0.25, 0.3) is 11.1 Å². The number of hydrogen-bond acceptors (Lipinski definition) is 4. The number of carbonyl (C=O) groups excluding carboxylic acids is 1. The summed E-state index contributed by atoms with van der Waals surface area (Å²) in [5.41, 5.74) is 3.10. The molecule has 146 valence electrons. The second-order valence-electron chi connectivity index (χ2n) is 7.51. The molecule has 0 bridgehead atoms. The lowest BCUT2D eigenvalue weighted by Gasteiger charge is -2.29. The van der Waals surface area contributed by atoms with Crippen molar-refractivity contribution in [3.05, 3.63) is 66.1 Å². The van der Waals surface area contributed by atoms with E-state index in [1.807, 2.05) is 30.3 Å². The smallest absolute Gasteiger partial charge is 0.234 e. The standard InChI is InChI=1S/C23H27N3O2/c27-22(24-14-6-9-18-7-2-1-3-8-18)17-26-15-12-19(13-16-26)23-25-20-10-4-5-11-21(20)28-23/h1-5,7-8,10-11,19H,6,9,12-17H2,(H,24,27). The summed E-state index contributed by atoms with van der Waals surface area (Å²) < 4.78 is 5.92. The Morgan fingerprint density at radius 2 is 1.82 bits per heavy atom. The topological polar surface area (TPSA) is 58.4 Å². The molecule has 5 nitrogen and oxygen atoms in total. The van der Waals surface area contributed by atoms with Crippen LogP contribution in [0.5, 0.6) is 0 Å². The van der Waals surface area contributed by atoms with E-state index in [1.54, 1.807) is 0 Å². The maximum atomic E-state index is 12.2. The minimum atomic E-state index is 0.119. The normalized spacial score (nSPS) is 15.7. The van der Waals surface area contributed by atoms with Gasteiger partial charge in [-0.1, -0.05) is 42.5 Å². The number of fused-ring (bicyclic) bond motifs is 1. The summed E-state index contributed by atoms with van der Waals surface area (Å²) in [7, 11) is 0. The first-order chi connectivity index (χ1) is 13.8. The molecule has 0 aliphatic carbocycles. The maximum absolute atomic E-state index is 12.2. The summed E-state index contributed by atoms with van der Waals surface area (Å²) in [6.45, 7) is 3.01. The number of hydrogen-bond donors (Lipinski definition) is 1. The Morgan fingerprint density at radius 1 is 1.07 bits per heavy atom. The van der Waals surface area contributed by atoms with Gasteiger partial charge >= 0.3 is 0 Å². The van der Waals surface area contributed by atoms with Gasteiger partial charge in [-0.2, -0.15) is 0 Å². The largest absolute Gasteiger partial charge is 0.440 e. The average Bonchev–Trinajstić information content (AvgIpc) is 3.17. The monoisotopic (exact) mass is 377 g/mol. The molecule has 1 aliphatic heterocycles. The van der Waals surface area contributed by atoms with Gasteiger partial charge in [0.2, 0.25) is 5.91 Å². The fraction of sp³-hybridized carbons (Fsp3) is 0.391. The number of amides is 1. The summed E-state index contributed by atoms with van der Waals surface area (Å²) in [5, 5.41) is 3.05. The van der Waals surface area contributed by atoms with Gasteiger partial charge in [-0.3, -0.25) is 9.69 Å². The molecular formula is C23H27N3O2. The van der Waals surface area contributed by atoms with Crippen LogP contribution in [0.3, 0.4) is 0 Å². The van der Waals surface area contributed by atoms with Crippen LogP contribution >= 0.6 is 0 Å². The van der Waals surface area contributed by atoms with Crippen LogP contribution in [-0.2, 0) is 11.2 Å². The molecule has 5 heteroatoms. The number of rotatable bonds is 7. The fourth-order valence-corrected chi connectivity index (χ4v) is 3.83. The van der Waals surface area contributed by atoms with Crippen LogP contribution in [0.4, 0.5) is 0 Å². The molecule has 2 aromatic carbocycles. The number of aryl methyl sites for hydroxylation is 1. The van der Waals surface area contributed by atoms with Crippen LogP contribution in [0, 0.1) is 0 Å². The van der Waals surface area contributed by atoms with Crippen molar-refractivity contribution in [2.24, 2.45) is 0 Å². The molecule has 1 aliphatic rings. The molecule has 0 unspecified atom stereocenters. The molecule has 1 amide bonds. The van der Waals surface area contributed by atoms with Crippen LogP contribution in [0.1, 0.15) is 36.6 Å². The number of aromatic nitrogens is 1. The molecule has 0 atom stereocenters. The predicted molar refractivity (Wildman–Crippen MR) is 110 cm³/mol. The third-order valence-electron chi connectivity index (χ3n) is 5.42. The van der Waals surface area contributed by atoms with Gasteiger partial charge in [-0.05, 0) is 56.5 Å². The third-order valence-corrected chi connectivity index (χ3v) is 5.42. The van der Waals surface area contributed by atoms with E-state index < -0.39 is 0 Å². The lowest BCUT2D eigenvalue weighted by molar-refractivity contribution is -0.122. The summed E-state index contributed by atoms with van der Waals surface area (Å²) in [6, 6.07) is 18.3. The number of para-hydroxylation sites is 2. The average molecular weight is 377 g/mol. The maximum Gasteiger partial charge on any atom is 0.234 e. The molecule has 2 heterocycles. The zero-order chi connectivity index (χ0) is 19.2. The Hall–Kier alpha value is -2.66. The molecule has 3 aromatic rings. The highest BCUT2D eigenvalue weighted by Crippen LogP contribution is 2.29. The number of nitrogens with zero attached hydrogens (tertiary/aromatic N) is 2. The second kappa shape index (κ2) is 9.02. The van der Waals surface area contributed by atoms with Crippen LogP contribution in [-0.4, -0.2) is 42.0 Å². The number of benzene rings is 2. The molecule has 0 radical (unpaired) electrons. The molecule has 0 spiro atoms. The van der Waals surface area contributed by atoms with Crippen molar-refractivity contribution in [1.29, 1.82) is 0 Å². The Kier molecular flexibility index (Phi) is 6.02. The minimum Gasteiger partial charge on any atom is -0.440 e. The highest BCUT2D eigenvalue weighted by atomic mass is 16.3. The van der Waals surface area contributed by atoms with E-state index in [2.05, 4.69) is 39.5 Å². The number of oxazole rings is 1. The highest BCUT2D eigenvalue weighted by Gasteiger charge is 2.25. The van der Waals surface area contributed by atoms with Gasteiger partial charge in [0.1, 0.15) is 5.52 Å². The molecule has 4 rings (SSSR count). The van der Waals surface area contributed by atoms with Gasteiger partial charge in [0.25, 0.3) is 0 Å². The first kappa shape index (κ1) is 18.7. The third kappa shape index (κ3) is 4.78. The lowest BCUT2D eigenvalue weighted by Crippen LogP contribution is -2.41. The molecule has 1 aromatic heterocycles. The Balaban J connectivity index is 1.17. The Labute approximate surface area is 165 Å². The molecule has 1 saturated heterocycles. The van der Waals surface area contributed by atoms with Gasteiger partial charge in [-0.15, -0.1) is 0 Å². The van der Waals surface area contributed by atoms with E-state index in [0.717, 1.165) is 62.3 Å². The van der Waals surface area contributed by atoms with Crippen molar-refractivity contribution < 1.29 is 9.21 Å². The van der Waals surface area contributed by atoms with Crippen molar-refractivity contribution in [3.63, 3.8) is 0 Å². The zero-order valence-electron chi connectivity index (χ0n) is 16.1. The van der Waals surface area contributed by atoms with Gasteiger partial charge in [0.05, 0.1) is 6.54 Å². The van der Waals surface area contributed by atoms with Gasteiger partial charge in [-0.25, -0.2) is 4.98 Å². The zero-order valence-corrected chi connectivity index (χ0v) is 16.1. The quantitative estimate of drug-likeness (QED) is 0.637. The number of carbonyl (C=O) groups is 1. The van der Waals surface area contributed by atoms with E-state index in [0.29, 0.717) is 12.5 Å². The van der Waals surface area contributed by atoms with Crippen LogP contribution in [0.15, 0.2) is 59.0 Å². The predicted octanol–water partition coefficient (Wildman–Crippen LogP) is 3.76. The number of likely N-dealkylation sites (tertiary alicyclic amines) is 1. The van der Waals surface area contributed by atoms with Crippen molar-refractivity contribution in [2.45, 2.75) is 31.6 Å². The van der Waals surface area contributed by atoms with E-state index in [4.69, 9.17) is 4.42 Å². The SMILES string of the molecule is O=C(CN1CCC(c2nc3ccccc3o2)CC1)NCCCc1ccccc1. The van der Waals surface area contributed by atoms with E-state index in [1.165, 1.54) is 5.56 Å². The first-order valence-corrected chi connectivity index (χ1v) is 10.2. The summed E-state index contributed by atoms with van der Waals surface area (Å²) in [4.78, 5) is 19.1. The van der Waals surface area contributed by atoms with Crippen molar-refractivity contribution in [2.75, 3.05) is 26.2 Å². The van der Waals surface area contributed by atoms with E-state index >= 15 is 0 Å². The molecule has 1 N–H and O–H groups in total. The van der Waals surface area contributed by atoms with Gasteiger partial charge < -0.3 is 9.73 Å². The highest BCUT2D eigenvalue weighted by molar-refractivity contribution is 5.78. The number of piperidine rings is 1. The minimum absolute atomic E-state index is 0.119. The second-order valence-corrected chi connectivity index (χ2v) is 7.51. The Morgan fingerprint density at radius 3 is 2.61 bits per heavy atom. The Bertz CT molecular complexity index is 865. The van der Waals surface area contributed by atoms with Crippen molar-refractivity contribution in [3.8, 4) is 0 Å². The molecule has 0 saturated carbocycles. The van der Waals surface area contributed by atoms with E-state index in [9.17, 15) is 4.79 Å².